The summed E-state index contributed by atoms with van der Waals surface area (Å²) in [6, 6.07) is -0.530. The summed E-state index contributed by atoms with van der Waals surface area (Å²) in [7, 11) is 0. The third-order valence-electron chi connectivity index (χ3n) is 2.95. The number of hydrogen-bond donors (Lipinski definition) is 3. The van der Waals surface area contributed by atoms with Gasteiger partial charge < -0.3 is 15.5 Å². The van der Waals surface area contributed by atoms with Crippen LogP contribution in [0.3, 0.4) is 0 Å². The molecule has 0 heterocycles. The molecule has 0 unspecified atom stereocenters. The highest BCUT2D eigenvalue weighted by Crippen LogP contribution is 2.09. The molecule has 1 amide bonds. The molecule has 3 N–H and O–H groups in total. The molecule has 0 spiro atoms. The minimum Gasteiger partial charge on any atom is -0.394 e. The summed E-state index contributed by atoms with van der Waals surface area (Å²) in [4.78, 5) is 11.6. The van der Waals surface area contributed by atoms with Crippen molar-refractivity contribution in [3.8, 4) is 0 Å². The Bertz CT molecular complexity index is 219. The Hall–Kier alpha value is -0.610. The van der Waals surface area contributed by atoms with Gasteiger partial charge in [0.1, 0.15) is 0 Å². The van der Waals surface area contributed by atoms with E-state index < -0.39 is 12.1 Å². The number of amides is 1. The van der Waals surface area contributed by atoms with E-state index in [1.54, 1.807) is 0 Å². The summed E-state index contributed by atoms with van der Waals surface area (Å²) in [5.74, 6) is 0.183. The van der Waals surface area contributed by atoms with E-state index in [4.69, 9.17) is 0 Å². The van der Waals surface area contributed by atoms with E-state index in [0.29, 0.717) is 12.8 Å². The molecule has 0 radical (unpaired) electrons. The van der Waals surface area contributed by atoms with Gasteiger partial charge in [-0.3, -0.25) is 4.79 Å². The summed E-state index contributed by atoms with van der Waals surface area (Å²) in [6.07, 6.45) is 4.76. The average Bonchev–Trinajstić information content (AvgIpc) is 2.30. The summed E-state index contributed by atoms with van der Waals surface area (Å²) in [6.45, 7) is 5.86. The smallest absolute Gasteiger partial charge is 0.220 e. The quantitative estimate of drug-likeness (QED) is 0.524. The van der Waals surface area contributed by atoms with Crippen LogP contribution in [0.25, 0.3) is 0 Å². The van der Waals surface area contributed by atoms with Crippen molar-refractivity contribution in [1.29, 1.82) is 0 Å². The van der Waals surface area contributed by atoms with Crippen molar-refractivity contribution in [2.45, 2.75) is 71.4 Å². The van der Waals surface area contributed by atoms with Crippen molar-refractivity contribution >= 4 is 5.91 Å². The first-order chi connectivity index (χ1) is 8.51. The maximum Gasteiger partial charge on any atom is 0.220 e. The number of hydrogen-bond acceptors (Lipinski definition) is 3. The van der Waals surface area contributed by atoms with E-state index in [9.17, 15) is 15.0 Å². The van der Waals surface area contributed by atoms with Gasteiger partial charge in [0.25, 0.3) is 0 Å². The summed E-state index contributed by atoms with van der Waals surface area (Å²) in [5, 5.41) is 21.8. The molecule has 0 rings (SSSR count). The van der Waals surface area contributed by atoms with Crippen LogP contribution >= 0.6 is 0 Å². The van der Waals surface area contributed by atoms with Crippen molar-refractivity contribution in [2.75, 3.05) is 6.61 Å². The molecule has 2 atom stereocenters. The van der Waals surface area contributed by atoms with E-state index in [-0.39, 0.29) is 18.4 Å². The van der Waals surface area contributed by atoms with Crippen LogP contribution in [0.15, 0.2) is 0 Å². The van der Waals surface area contributed by atoms with E-state index in [1.165, 1.54) is 0 Å². The first kappa shape index (κ1) is 17.4. The molecule has 0 aliphatic rings. The second kappa shape index (κ2) is 10.3. The standard InChI is InChI=1S/C14H29NO3/c1-4-5-6-7-8-13(17)12(10-16)15-14(18)9-11(2)3/h11-13,16-17H,4-10H2,1-3H3,(H,15,18)/t12-,13+/m0/s1. The van der Waals surface area contributed by atoms with Gasteiger partial charge in [-0.2, -0.15) is 0 Å². The maximum atomic E-state index is 11.6. The van der Waals surface area contributed by atoms with Crippen LogP contribution in [-0.2, 0) is 4.79 Å². The largest absolute Gasteiger partial charge is 0.394 e. The highest BCUT2D eigenvalue weighted by molar-refractivity contribution is 5.76. The van der Waals surface area contributed by atoms with Crippen molar-refractivity contribution in [1.82, 2.24) is 5.32 Å². The lowest BCUT2D eigenvalue weighted by molar-refractivity contribution is -0.123. The van der Waals surface area contributed by atoms with E-state index >= 15 is 0 Å². The van der Waals surface area contributed by atoms with Gasteiger partial charge >= 0.3 is 0 Å². The zero-order valence-corrected chi connectivity index (χ0v) is 12.0. The van der Waals surface area contributed by atoms with E-state index in [1.807, 2.05) is 13.8 Å². The molecule has 0 saturated heterocycles. The van der Waals surface area contributed by atoms with Crippen molar-refractivity contribution in [2.24, 2.45) is 5.92 Å². The van der Waals surface area contributed by atoms with Crippen LogP contribution < -0.4 is 5.32 Å². The Morgan fingerprint density at radius 3 is 2.39 bits per heavy atom. The molecule has 0 saturated carbocycles. The second-order valence-electron chi connectivity index (χ2n) is 5.37. The highest BCUT2D eigenvalue weighted by atomic mass is 16.3. The molecule has 4 nitrogen and oxygen atoms in total. The lowest BCUT2D eigenvalue weighted by atomic mass is 10.0. The molecule has 0 aromatic carbocycles. The lowest BCUT2D eigenvalue weighted by Gasteiger charge is -2.22. The zero-order valence-electron chi connectivity index (χ0n) is 12.0. The number of rotatable bonds is 10. The molecular weight excluding hydrogens is 230 g/mol. The van der Waals surface area contributed by atoms with E-state index in [0.717, 1.165) is 25.7 Å². The number of carbonyl (C=O) groups excluding carboxylic acids is 1. The predicted molar refractivity (Wildman–Crippen MR) is 73.2 cm³/mol. The molecule has 108 valence electrons. The number of nitrogens with one attached hydrogen (secondary N) is 1. The van der Waals surface area contributed by atoms with Crippen LogP contribution in [0.1, 0.15) is 59.3 Å². The van der Waals surface area contributed by atoms with Crippen LogP contribution in [0, 0.1) is 5.92 Å². The lowest BCUT2D eigenvalue weighted by Crippen LogP contribution is -2.46. The first-order valence-electron chi connectivity index (χ1n) is 7.09. The van der Waals surface area contributed by atoms with Gasteiger partial charge in [0, 0.05) is 6.42 Å². The minimum absolute atomic E-state index is 0.100. The molecule has 18 heavy (non-hydrogen) atoms. The van der Waals surface area contributed by atoms with Gasteiger partial charge in [-0.25, -0.2) is 0 Å². The normalized spacial score (nSPS) is 14.6. The average molecular weight is 259 g/mol. The SMILES string of the molecule is CCCCCC[C@@H](O)[C@H](CO)NC(=O)CC(C)C. The van der Waals surface area contributed by atoms with Crippen LogP contribution in [0.5, 0.6) is 0 Å². The maximum absolute atomic E-state index is 11.6. The fourth-order valence-electron chi connectivity index (χ4n) is 1.88. The highest BCUT2D eigenvalue weighted by Gasteiger charge is 2.20. The van der Waals surface area contributed by atoms with Crippen molar-refractivity contribution < 1.29 is 15.0 Å². The number of aliphatic hydroxyl groups excluding tert-OH is 2. The summed E-state index contributed by atoms with van der Waals surface area (Å²) in [5.41, 5.74) is 0. The van der Waals surface area contributed by atoms with Crippen LogP contribution in [-0.4, -0.2) is 34.9 Å². The molecule has 0 aromatic rings. The van der Waals surface area contributed by atoms with Gasteiger partial charge in [-0.05, 0) is 12.3 Å². The fraction of sp³-hybridized carbons (Fsp3) is 0.929. The number of aliphatic hydroxyl groups is 2. The van der Waals surface area contributed by atoms with Gasteiger partial charge in [0.2, 0.25) is 5.91 Å². The van der Waals surface area contributed by atoms with Gasteiger partial charge in [-0.1, -0.05) is 46.5 Å². The summed E-state index contributed by atoms with van der Waals surface area (Å²) >= 11 is 0. The molecule has 4 heteroatoms. The van der Waals surface area contributed by atoms with E-state index in [2.05, 4.69) is 12.2 Å². The molecule has 0 aromatic heterocycles. The monoisotopic (exact) mass is 259 g/mol. The van der Waals surface area contributed by atoms with Crippen molar-refractivity contribution in [3.63, 3.8) is 0 Å². The van der Waals surface area contributed by atoms with Crippen molar-refractivity contribution in [3.05, 3.63) is 0 Å². The molecule has 0 bridgehead atoms. The van der Waals surface area contributed by atoms with Gasteiger partial charge in [0.15, 0.2) is 0 Å². The fourth-order valence-corrected chi connectivity index (χ4v) is 1.88. The molecule has 0 fully saturated rings. The third kappa shape index (κ3) is 8.48. The molecular formula is C14H29NO3. The minimum atomic E-state index is -0.650. The zero-order chi connectivity index (χ0) is 14.0. The first-order valence-corrected chi connectivity index (χ1v) is 7.09. The molecule has 0 aliphatic carbocycles. The third-order valence-corrected chi connectivity index (χ3v) is 2.95. The van der Waals surface area contributed by atoms with Crippen LogP contribution in [0.2, 0.25) is 0 Å². The van der Waals surface area contributed by atoms with Crippen LogP contribution in [0.4, 0.5) is 0 Å². The Morgan fingerprint density at radius 2 is 1.89 bits per heavy atom. The second-order valence-corrected chi connectivity index (χ2v) is 5.37. The van der Waals surface area contributed by atoms with Gasteiger partial charge in [-0.15, -0.1) is 0 Å². The summed E-state index contributed by atoms with van der Waals surface area (Å²) < 4.78 is 0. The topological polar surface area (TPSA) is 69.6 Å². The Morgan fingerprint density at radius 1 is 1.22 bits per heavy atom. The predicted octanol–water partition coefficient (Wildman–Crippen LogP) is 1.84. The number of carbonyl (C=O) groups is 1. The van der Waals surface area contributed by atoms with Gasteiger partial charge in [0.05, 0.1) is 18.8 Å². The Labute approximate surface area is 111 Å². The Balaban J connectivity index is 3.95. The molecule has 0 aliphatic heterocycles. The number of unbranched alkanes of at least 4 members (excludes halogenated alkanes) is 3. The Kier molecular flexibility index (Phi) is 9.98.